The van der Waals surface area contributed by atoms with Crippen molar-refractivity contribution >= 4 is 0 Å². The zero-order chi connectivity index (χ0) is 9.52. The van der Waals surface area contributed by atoms with Crippen LogP contribution in [0.1, 0.15) is 31.6 Å². The van der Waals surface area contributed by atoms with Crippen LogP contribution < -0.4 is 5.32 Å². The topological polar surface area (TPSA) is 53.6 Å². The number of rotatable bonds is 5. The van der Waals surface area contributed by atoms with E-state index in [1.54, 1.807) is 0 Å². The van der Waals surface area contributed by atoms with Gasteiger partial charge >= 0.3 is 0 Å². The number of hydrogen-bond acceptors (Lipinski definition) is 3. The molecule has 1 aromatic heterocycles. The molecule has 0 saturated heterocycles. The highest BCUT2D eigenvalue weighted by molar-refractivity contribution is 4.99. The van der Waals surface area contributed by atoms with Gasteiger partial charge in [-0.3, -0.25) is 5.10 Å². The van der Waals surface area contributed by atoms with Crippen LogP contribution in [0.25, 0.3) is 0 Å². The highest BCUT2D eigenvalue weighted by Gasteiger charge is 2.11. The van der Waals surface area contributed by atoms with Gasteiger partial charge < -0.3 is 5.32 Å². The molecular formula is C9H14N4. The molecule has 1 unspecified atom stereocenters. The molecule has 0 bridgehead atoms. The Morgan fingerprint density at radius 3 is 3.15 bits per heavy atom. The summed E-state index contributed by atoms with van der Waals surface area (Å²) in [7, 11) is 0. The Labute approximate surface area is 78.2 Å². The largest absolute Gasteiger partial charge is 0.307 e. The summed E-state index contributed by atoms with van der Waals surface area (Å²) in [5.41, 5.74) is 0. The van der Waals surface area contributed by atoms with Crippen LogP contribution in [0.2, 0.25) is 0 Å². The van der Waals surface area contributed by atoms with Gasteiger partial charge in [-0.1, -0.05) is 6.92 Å². The minimum Gasteiger partial charge on any atom is -0.307 e. The lowest BCUT2D eigenvalue weighted by Crippen LogP contribution is -2.22. The van der Waals surface area contributed by atoms with Crippen LogP contribution in [0.3, 0.4) is 0 Å². The summed E-state index contributed by atoms with van der Waals surface area (Å²) < 4.78 is 0. The Balaban J connectivity index is 2.53. The van der Waals surface area contributed by atoms with Crippen LogP contribution >= 0.6 is 0 Å². The SMILES string of the molecule is C#CCC(NCCC)c1ncn[nH]1. The molecule has 0 fully saturated rings. The van der Waals surface area contributed by atoms with Gasteiger partial charge in [0.25, 0.3) is 0 Å². The Morgan fingerprint density at radius 2 is 2.62 bits per heavy atom. The maximum Gasteiger partial charge on any atom is 0.142 e. The fraction of sp³-hybridized carbons (Fsp3) is 0.556. The molecule has 1 atom stereocenters. The second-order valence-corrected chi connectivity index (χ2v) is 2.79. The average molecular weight is 178 g/mol. The van der Waals surface area contributed by atoms with Gasteiger partial charge in [-0.05, 0) is 13.0 Å². The number of aromatic amines is 1. The van der Waals surface area contributed by atoms with Crippen molar-refractivity contribution in [2.24, 2.45) is 0 Å². The first-order valence-electron chi connectivity index (χ1n) is 4.40. The average Bonchev–Trinajstić information content (AvgIpc) is 2.65. The van der Waals surface area contributed by atoms with Gasteiger partial charge in [0.15, 0.2) is 0 Å². The molecule has 2 N–H and O–H groups in total. The summed E-state index contributed by atoms with van der Waals surface area (Å²) in [4.78, 5) is 4.06. The third-order valence-corrected chi connectivity index (χ3v) is 1.73. The van der Waals surface area contributed by atoms with E-state index in [2.05, 4.69) is 33.3 Å². The first-order chi connectivity index (χ1) is 6.38. The summed E-state index contributed by atoms with van der Waals surface area (Å²) in [5, 5.41) is 9.90. The smallest absolute Gasteiger partial charge is 0.142 e. The lowest BCUT2D eigenvalue weighted by atomic mass is 10.2. The third-order valence-electron chi connectivity index (χ3n) is 1.73. The van der Waals surface area contributed by atoms with Gasteiger partial charge in [0.2, 0.25) is 0 Å². The summed E-state index contributed by atoms with van der Waals surface area (Å²) >= 11 is 0. The molecule has 4 nitrogen and oxygen atoms in total. The molecule has 0 aliphatic carbocycles. The molecule has 13 heavy (non-hydrogen) atoms. The molecule has 0 saturated carbocycles. The highest BCUT2D eigenvalue weighted by atomic mass is 15.2. The molecule has 1 aromatic rings. The molecule has 0 aliphatic rings. The molecule has 0 aliphatic heterocycles. The van der Waals surface area contributed by atoms with Crippen LogP contribution in [0, 0.1) is 12.3 Å². The minimum atomic E-state index is 0.104. The molecular weight excluding hydrogens is 164 g/mol. The lowest BCUT2D eigenvalue weighted by Gasteiger charge is -2.12. The van der Waals surface area contributed by atoms with Gasteiger partial charge in [-0.25, -0.2) is 4.98 Å². The van der Waals surface area contributed by atoms with Crippen molar-refractivity contribution in [1.82, 2.24) is 20.5 Å². The van der Waals surface area contributed by atoms with Gasteiger partial charge in [0.1, 0.15) is 12.2 Å². The van der Waals surface area contributed by atoms with Crippen molar-refractivity contribution < 1.29 is 0 Å². The van der Waals surface area contributed by atoms with Crippen molar-refractivity contribution in [3.8, 4) is 12.3 Å². The van der Waals surface area contributed by atoms with Crippen molar-refractivity contribution in [3.05, 3.63) is 12.2 Å². The molecule has 1 heterocycles. The van der Waals surface area contributed by atoms with E-state index in [4.69, 9.17) is 6.42 Å². The molecule has 0 spiro atoms. The first kappa shape index (κ1) is 9.75. The molecule has 0 radical (unpaired) electrons. The summed E-state index contributed by atoms with van der Waals surface area (Å²) in [6.07, 6.45) is 8.46. The monoisotopic (exact) mass is 178 g/mol. The molecule has 0 amide bonds. The van der Waals surface area contributed by atoms with Gasteiger partial charge in [0, 0.05) is 6.42 Å². The second kappa shape index (κ2) is 5.33. The van der Waals surface area contributed by atoms with Crippen LogP contribution in [-0.2, 0) is 0 Å². The van der Waals surface area contributed by atoms with E-state index in [0.717, 1.165) is 18.8 Å². The van der Waals surface area contributed by atoms with Crippen LogP contribution in [0.15, 0.2) is 6.33 Å². The Hall–Kier alpha value is -1.34. The third kappa shape index (κ3) is 2.88. The van der Waals surface area contributed by atoms with Gasteiger partial charge in [0.05, 0.1) is 6.04 Å². The van der Waals surface area contributed by atoms with Crippen LogP contribution in [0.4, 0.5) is 0 Å². The number of nitrogens with zero attached hydrogens (tertiary/aromatic N) is 2. The van der Waals surface area contributed by atoms with Crippen molar-refractivity contribution in [1.29, 1.82) is 0 Å². The van der Waals surface area contributed by atoms with E-state index in [1.807, 2.05) is 0 Å². The summed E-state index contributed by atoms with van der Waals surface area (Å²) in [5.74, 6) is 3.43. The second-order valence-electron chi connectivity index (χ2n) is 2.79. The van der Waals surface area contributed by atoms with Gasteiger partial charge in [-0.15, -0.1) is 12.3 Å². The fourth-order valence-electron chi connectivity index (χ4n) is 1.08. The number of aromatic nitrogens is 3. The predicted molar refractivity (Wildman–Crippen MR) is 50.9 cm³/mol. The molecule has 0 aromatic carbocycles. The van der Waals surface area contributed by atoms with Crippen molar-refractivity contribution in [2.45, 2.75) is 25.8 Å². The van der Waals surface area contributed by atoms with Crippen molar-refractivity contribution in [3.63, 3.8) is 0 Å². The van der Waals surface area contributed by atoms with E-state index in [0.29, 0.717) is 6.42 Å². The summed E-state index contributed by atoms with van der Waals surface area (Å²) in [6.45, 7) is 3.05. The Morgan fingerprint density at radius 1 is 1.77 bits per heavy atom. The molecule has 70 valence electrons. The van der Waals surface area contributed by atoms with Crippen molar-refractivity contribution in [2.75, 3.05) is 6.54 Å². The predicted octanol–water partition coefficient (Wildman–Crippen LogP) is 0.869. The maximum atomic E-state index is 5.26. The number of hydrogen-bond donors (Lipinski definition) is 2. The molecule has 4 heteroatoms. The fourth-order valence-corrected chi connectivity index (χ4v) is 1.08. The summed E-state index contributed by atoms with van der Waals surface area (Å²) in [6, 6.07) is 0.104. The Kier molecular flexibility index (Phi) is 4.00. The normalized spacial score (nSPS) is 12.3. The highest BCUT2D eigenvalue weighted by Crippen LogP contribution is 2.09. The number of H-pyrrole nitrogens is 1. The Bertz CT molecular complexity index is 260. The van der Waals surface area contributed by atoms with E-state index in [1.165, 1.54) is 6.33 Å². The maximum absolute atomic E-state index is 5.26. The van der Waals surface area contributed by atoms with Crippen LogP contribution in [0.5, 0.6) is 0 Å². The van der Waals surface area contributed by atoms with E-state index in [9.17, 15) is 0 Å². The van der Waals surface area contributed by atoms with E-state index in [-0.39, 0.29) is 6.04 Å². The quantitative estimate of drug-likeness (QED) is 0.658. The van der Waals surface area contributed by atoms with Gasteiger partial charge in [-0.2, -0.15) is 5.10 Å². The van der Waals surface area contributed by atoms with Crippen LogP contribution in [-0.4, -0.2) is 21.7 Å². The number of terminal acetylenes is 1. The lowest BCUT2D eigenvalue weighted by molar-refractivity contribution is 0.519. The zero-order valence-corrected chi connectivity index (χ0v) is 7.75. The minimum absolute atomic E-state index is 0.104. The first-order valence-corrected chi connectivity index (χ1v) is 4.40. The van der Waals surface area contributed by atoms with E-state index < -0.39 is 0 Å². The standard InChI is InChI=1S/C9H14N4/c1-3-5-8(10-6-4-2)9-11-7-12-13-9/h1,7-8,10H,4-6H2,2H3,(H,11,12,13). The number of nitrogens with one attached hydrogen (secondary N) is 2. The van der Waals surface area contributed by atoms with E-state index >= 15 is 0 Å². The molecule has 1 rings (SSSR count). The zero-order valence-electron chi connectivity index (χ0n) is 7.75.